The van der Waals surface area contributed by atoms with Crippen LogP contribution < -0.4 is 14.8 Å². The van der Waals surface area contributed by atoms with E-state index in [1.165, 1.54) is 0 Å². The van der Waals surface area contributed by atoms with Crippen molar-refractivity contribution in [3.05, 3.63) is 70.2 Å². The summed E-state index contributed by atoms with van der Waals surface area (Å²) in [7, 11) is 1.62. The van der Waals surface area contributed by atoms with Crippen LogP contribution in [-0.2, 0) is 4.79 Å². The summed E-state index contributed by atoms with van der Waals surface area (Å²) in [6.07, 6.45) is -0.779. The van der Waals surface area contributed by atoms with Gasteiger partial charge in [0.25, 0.3) is 5.91 Å². The minimum absolute atomic E-state index is 0.319. The Hall–Kier alpha value is -3.29. The minimum Gasteiger partial charge on any atom is -0.497 e. The highest BCUT2D eigenvalue weighted by atomic mass is 35.5. The molecule has 4 aromatic rings. The number of hydrogen-bond donors (Lipinski definition) is 1. The van der Waals surface area contributed by atoms with Crippen molar-refractivity contribution in [3.8, 4) is 17.2 Å². The number of carbonyl (C=O) groups excluding carboxylic acids is 1. The van der Waals surface area contributed by atoms with Gasteiger partial charge in [0.2, 0.25) is 0 Å². The Balaban J connectivity index is 1.53. The van der Waals surface area contributed by atoms with Gasteiger partial charge in [-0.3, -0.25) is 4.79 Å². The van der Waals surface area contributed by atoms with Crippen molar-refractivity contribution in [2.75, 3.05) is 12.4 Å². The summed E-state index contributed by atoms with van der Waals surface area (Å²) >= 11 is 12.0. The molecule has 0 unspecified atom stereocenters. The predicted molar refractivity (Wildman–Crippen MR) is 125 cm³/mol. The number of hydrogen-bond acceptors (Lipinski definition) is 5. The number of methoxy groups -OCH3 is 1. The Morgan fingerprint density at radius 3 is 2.38 bits per heavy atom. The van der Waals surface area contributed by atoms with Crippen LogP contribution in [0.5, 0.6) is 11.5 Å². The van der Waals surface area contributed by atoms with Crippen molar-refractivity contribution < 1.29 is 14.3 Å². The van der Waals surface area contributed by atoms with Crippen LogP contribution in [-0.4, -0.2) is 34.1 Å². The Kier molecular flexibility index (Phi) is 6.21. The number of nitrogens with zero attached hydrogens (tertiary/aromatic N) is 3. The standard InChI is InChI=1S/C23H20Cl2N4O3/c1-13-10-20-21(28-29(27-20)16-5-7-17(31-3)8-6-16)12-19(13)26-23(30)14(2)32-22-9-4-15(24)11-18(22)25/h4-12,14H,1-3H3,(H,26,30)/t14-/m0/s1. The molecule has 164 valence electrons. The molecule has 3 aromatic carbocycles. The molecule has 1 heterocycles. The van der Waals surface area contributed by atoms with Crippen LogP contribution in [0.25, 0.3) is 16.7 Å². The van der Waals surface area contributed by atoms with Crippen molar-refractivity contribution in [2.45, 2.75) is 20.0 Å². The molecule has 0 aliphatic rings. The molecule has 0 spiro atoms. The van der Waals surface area contributed by atoms with Crippen molar-refractivity contribution in [1.82, 2.24) is 15.0 Å². The molecular weight excluding hydrogens is 451 g/mol. The number of halogens is 2. The number of benzene rings is 3. The number of carbonyl (C=O) groups is 1. The van der Waals surface area contributed by atoms with Crippen molar-refractivity contribution in [2.24, 2.45) is 0 Å². The van der Waals surface area contributed by atoms with E-state index in [4.69, 9.17) is 32.7 Å². The number of fused-ring (bicyclic) bond motifs is 1. The van der Waals surface area contributed by atoms with Crippen LogP contribution in [0, 0.1) is 6.92 Å². The van der Waals surface area contributed by atoms with E-state index in [0.717, 1.165) is 17.0 Å². The van der Waals surface area contributed by atoms with Crippen molar-refractivity contribution >= 4 is 45.8 Å². The van der Waals surface area contributed by atoms with E-state index in [0.29, 0.717) is 32.5 Å². The molecule has 9 heteroatoms. The maximum absolute atomic E-state index is 12.7. The van der Waals surface area contributed by atoms with Gasteiger partial charge in [-0.15, -0.1) is 10.2 Å². The molecule has 0 saturated heterocycles. The third-order valence-corrected chi connectivity index (χ3v) is 5.39. The molecule has 4 rings (SSSR count). The summed E-state index contributed by atoms with van der Waals surface area (Å²) in [6, 6.07) is 15.9. The molecule has 0 saturated carbocycles. The summed E-state index contributed by atoms with van der Waals surface area (Å²) in [6.45, 7) is 3.54. The highest BCUT2D eigenvalue weighted by Crippen LogP contribution is 2.29. The number of ether oxygens (including phenoxy) is 2. The molecule has 1 N–H and O–H groups in total. The van der Waals surface area contributed by atoms with Crippen LogP contribution in [0.4, 0.5) is 5.69 Å². The molecular formula is C23H20Cl2N4O3. The Morgan fingerprint density at radius 1 is 1.03 bits per heavy atom. The first kappa shape index (κ1) is 21.9. The third-order valence-electron chi connectivity index (χ3n) is 4.85. The van der Waals surface area contributed by atoms with Crippen LogP contribution in [0.15, 0.2) is 54.6 Å². The maximum Gasteiger partial charge on any atom is 0.265 e. The number of aromatic nitrogens is 3. The van der Waals surface area contributed by atoms with Gasteiger partial charge >= 0.3 is 0 Å². The zero-order valence-electron chi connectivity index (χ0n) is 17.6. The highest BCUT2D eigenvalue weighted by Gasteiger charge is 2.18. The normalized spacial score (nSPS) is 11.9. The van der Waals surface area contributed by atoms with E-state index in [1.807, 2.05) is 37.3 Å². The second-order valence-electron chi connectivity index (χ2n) is 7.17. The SMILES string of the molecule is COc1ccc(-n2nc3cc(C)c(NC(=O)[C@H](C)Oc4ccc(Cl)cc4Cl)cc3n2)cc1. The van der Waals surface area contributed by atoms with Crippen LogP contribution in [0.1, 0.15) is 12.5 Å². The Morgan fingerprint density at radius 2 is 1.72 bits per heavy atom. The van der Waals surface area contributed by atoms with Gasteiger partial charge < -0.3 is 14.8 Å². The average Bonchev–Trinajstić information content (AvgIpc) is 3.18. The zero-order chi connectivity index (χ0) is 22.8. The lowest BCUT2D eigenvalue weighted by atomic mass is 10.1. The van der Waals surface area contributed by atoms with Crippen LogP contribution >= 0.6 is 23.2 Å². The lowest BCUT2D eigenvalue weighted by Gasteiger charge is -2.16. The summed E-state index contributed by atoms with van der Waals surface area (Å²) in [5.41, 5.74) is 3.64. The van der Waals surface area contributed by atoms with Gasteiger partial charge in [0.15, 0.2) is 6.10 Å². The molecule has 0 fully saturated rings. The predicted octanol–water partition coefficient (Wildman–Crippen LogP) is 5.45. The first-order valence-electron chi connectivity index (χ1n) is 9.79. The van der Waals surface area contributed by atoms with E-state index in [-0.39, 0.29) is 5.91 Å². The second-order valence-corrected chi connectivity index (χ2v) is 8.01. The van der Waals surface area contributed by atoms with Crippen molar-refractivity contribution in [1.29, 1.82) is 0 Å². The fourth-order valence-electron chi connectivity index (χ4n) is 3.08. The summed E-state index contributed by atoms with van der Waals surface area (Å²) in [4.78, 5) is 14.3. The molecule has 1 amide bonds. The fourth-order valence-corrected chi connectivity index (χ4v) is 3.54. The molecule has 1 aromatic heterocycles. The van der Waals surface area contributed by atoms with E-state index < -0.39 is 6.10 Å². The van der Waals surface area contributed by atoms with Gasteiger partial charge in [-0.05, 0) is 74.0 Å². The van der Waals surface area contributed by atoms with Gasteiger partial charge in [0.05, 0.1) is 17.8 Å². The van der Waals surface area contributed by atoms with Crippen LogP contribution in [0.3, 0.4) is 0 Å². The molecule has 0 radical (unpaired) electrons. The molecule has 0 aliphatic heterocycles. The largest absolute Gasteiger partial charge is 0.497 e. The monoisotopic (exact) mass is 470 g/mol. The first-order chi connectivity index (χ1) is 15.3. The number of aryl methyl sites for hydroxylation is 1. The zero-order valence-corrected chi connectivity index (χ0v) is 19.1. The van der Waals surface area contributed by atoms with Gasteiger partial charge in [-0.1, -0.05) is 23.2 Å². The summed E-state index contributed by atoms with van der Waals surface area (Å²) in [5.74, 6) is 0.817. The Labute approximate surface area is 194 Å². The van der Waals surface area contributed by atoms with Gasteiger partial charge in [-0.2, -0.15) is 4.80 Å². The smallest absolute Gasteiger partial charge is 0.265 e. The topological polar surface area (TPSA) is 78.3 Å². The van der Waals surface area contributed by atoms with E-state index in [2.05, 4.69) is 15.5 Å². The maximum atomic E-state index is 12.7. The molecule has 32 heavy (non-hydrogen) atoms. The quantitative estimate of drug-likeness (QED) is 0.405. The lowest BCUT2D eigenvalue weighted by molar-refractivity contribution is -0.122. The second kappa shape index (κ2) is 9.06. The van der Waals surface area contributed by atoms with Crippen molar-refractivity contribution in [3.63, 3.8) is 0 Å². The van der Waals surface area contributed by atoms with Gasteiger partial charge in [0, 0.05) is 10.7 Å². The third kappa shape index (κ3) is 4.64. The molecule has 0 aliphatic carbocycles. The van der Waals surface area contributed by atoms with E-state index >= 15 is 0 Å². The average molecular weight is 471 g/mol. The first-order valence-corrected chi connectivity index (χ1v) is 10.5. The number of rotatable bonds is 6. The fraction of sp³-hybridized carbons (Fsp3) is 0.174. The summed E-state index contributed by atoms with van der Waals surface area (Å²) < 4.78 is 10.9. The van der Waals surface area contributed by atoms with Gasteiger partial charge in [0.1, 0.15) is 22.5 Å². The molecule has 7 nitrogen and oxygen atoms in total. The van der Waals surface area contributed by atoms with E-state index in [1.54, 1.807) is 43.1 Å². The highest BCUT2D eigenvalue weighted by molar-refractivity contribution is 6.35. The Bertz CT molecular complexity index is 1290. The molecule has 1 atom stereocenters. The van der Waals surface area contributed by atoms with Gasteiger partial charge in [-0.25, -0.2) is 0 Å². The number of anilines is 1. The number of amides is 1. The lowest BCUT2D eigenvalue weighted by Crippen LogP contribution is -2.30. The minimum atomic E-state index is -0.779. The van der Waals surface area contributed by atoms with E-state index in [9.17, 15) is 4.79 Å². The van der Waals surface area contributed by atoms with Crippen LogP contribution in [0.2, 0.25) is 10.0 Å². The molecule has 0 bridgehead atoms. The summed E-state index contributed by atoms with van der Waals surface area (Å²) in [5, 5.41) is 12.8. The number of nitrogens with one attached hydrogen (secondary N) is 1.